The molecule has 0 aliphatic carbocycles. The van der Waals surface area contributed by atoms with Crippen LogP contribution in [0, 0.1) is 0 Å². The molecule has 0 unspecified atom stereocenters. The molecule has 0 saturated heterocycles. The molecule has 1 atom stereocenters. The standard InChI is InChI=1S/C17H18N4O5/c1-10(26-11-2-3-13-14(6-11)25-9-24-13)17(23)20-4-5-21-12(16(18)22)7-19-15(21)8-20/h2-3,6-7,10H,4-5,8-9H2,1H3,(H2,18,22)/t10-/m0/s1. The van der Waals surface area contributed by atoms with Crippen LogP contribution >= 0.6 is 0 Å². The van der Waals surface area contributed by atoms with Gasteiger partial charge in [0.25, 0.3) is 11.8 Å². The molecule has 136 valence electrons. The molecule has 2 aliphatic heterocycles. The molecule has 2 amide bonds. The number of rotatable bonds is 4. The average molecular weight is 358 g/mol. The monoisotopic (exact) mass is 358 g/mol. The minimum Gasteiger partial charge on any atom is -0.481 e. The van der Waals surface area contributed by atoms with Crippen molar-refractivity contribution in [2.45, 2.75) is 26.1 Å². The maximum absolute atomic E-state index is 12.7. The number of imidazole rings is 1. The largest absolute Gasteiger partial charge is 0.481 e. The Hall–Kier alpha value is -3.23. The number of hydrogen-bond acceptors (Lipinski definition) is 6. The van der Waals surface area contributed by atoms with Crippen LogP contribution in [0.5, 0.6) is 17.2 Å². The van der Waals surface area contributed by atoms with Crippen molar-refractivity contribution in [3.8, 4) is 17.2 Å². The van der Waals surface area contributed by atoms with Crippen molar-refractivity contribution in [2.75, 3.05) is 13.3 Å². The molecule has 2 aromatic rings. The second kappa shape index (κ2) is 6.25. The zero-order chi connectivity index (χ0) is 18.3. The third-order valence-electron chi connectivity index (χ3n) is 4.43. The van der Waals surface area contributed by atoms with Gasteiger partial charge in [0.05, 0.1) is 12.7 Å². The first-order valence-electron chi connectivity index (χ1n) is 8.22. The maximum Gasteiger partial charge on any atom is 0.266 e. The Kier molecular flexibility index (Phi) is 3.90. The predicted molar refractivity (Wildman–Crippen MR) is 88.8 cm³/mol. The normalized spacial score (nSPS) is 16.1. The molecule has 9 heteroatoms. The van der Waals surface area contributed by atoms with Crippen molar-refractivity contribution in [1.29, 1.82) is 0 Å². The van der Waals surface area contributed by atoms with Crippen LogP contribution in [-0.4, -0.2) is 45.7 Å². The van der Waals surface area contributed by atoms with Gasteiger partial charge in [-0.1, -0.05) is 0 Å². The highest BCUT2D eigenvalue weighted by atomic mass is 16.7. The number of hydrogen-bond donors (Lipinski definition) is 1. The number of nitrogens with two attached hydrogens (primary N) is 1. The number of carbonyl (C=O) groups is 2. The van der Waals surface area contributed by atoms with E-state index >= 15 is 0 Å². The fourth-order valence-electron chi connectivity index (χ4n) is 3.11. The third-order valence-corrected chi connectivity index (χ3v) is 4.43. The molecule has 0 fully saturated rings. The van der Waals surface area contributed by atoms with Crippen LogP contribution in [0.1, 0.15) is 23.2 Å². The first-order valence-corrected chi connectivity index (χ1v) is 8.22. The summed E-state index contributed by atoms with van der Waals surface area (Å²) in [6.07, 6.45) is 0.769. The van der Waals surface area contributed by atoms with E-state index in [0.29, 0.717) is 48.4 Å². The number of benzene rings is 1. The van der Waals surface area contributed by atoms with Gasteiger partial charge < -0.3 is 29.4 Å². The van der Waals surface area contributed by atoms with E-state index in [4.69, 9.17) is 19.9 Å². The Morgan fingerprint density at radius 1 is 1.27 bits per heavy atom. The summed E-state index contributed by atoms with van der Waals surface area (Å²) in [7, 11) is 0. The van der Waals surface area contributed by atoms with Crippen LogP contribution in [-0.2, 0) is 17.9 Å². The molecule has 3 heterocycles. The summed E-state index contributed by atoms with van der Waals surface area (Å²) < 4.78 is 18.1. The first-order chi connectivity index (χ1) is 12.5. The summed E-state index contributed by atoms with van der Waals surface area (Å²) in [6, 6.07) is 5.19. The Morgan fingerprint density at radius 2 is 2.08 bits per heavy atom. The van der Waals surface area contributed by atoms with Crippen molar-refractivity contribution in [3.05, 3.63) is 35.9 Å². The molecule has 1 aromatic carbocycles. The lowest BCUT2D eigenvalue weighted by molar-refractivity contribution is -0.139. The average Bonchev–Trinajstić information content (AvgIpc) is 3.26. The van der Waals surface area contributed by atoms with Crippen LogP contribution in [0.3, 0.4) is 0 Å². The van der Waals surface area contributed by atoms with Crippen LogP contribution in [0.25, 0.3) is 0 Å². The minimum absolute atomic E-state index is 0.155. The lowest BCUT2D eigenvalue weighted by Crippen LogP contribution is -2.45. The fraction of sp³-hybridized carbons (Fsp3) is 0.353. The summed E-state index contributed by atoms with van der Waals surface area (Å²) >= 11 is 0. The summed E-state index contributed by atoms with van der Waals surface area (Å²) in [5.74, 6) is 1.74. The number of aromatic nitrogens is 2. The summed E-state index contributed by atoms with van der Waals surface area (Å²) in [5, 5.41) is 0. The maximum atomic E-state index is 12.7. The van der Waals surface area contributed by atoms with E-state index in [1.54, 1.807) is 34.6 Å². The highest BCUT2D eigenvalue weighted by molar-refractivity contribution is 5.91. The second-order valence-corrected chi connectivity index (χ2v) is 6.11. The zero-order valence-electron chi connectivity index (χ0n) is 14.2. The Balaban J connectivity index is 1.43. The molecular formula is C17H18N4O5. The van der Waals surface area contributed by atoms with Gasteiger partial charge in [0.1, 0.15) is 17.3 Å². The van der Waals surface area contributed by atoms with Gasteiger partial charge >= 0.3 is 0 Å². The van der Waals surface area contributed by atoms with Gasteiger partial charge in [-0.05, 0) is 19.1 Å². The molecule has 0 bridgehead atoms. The summed E-state index contributed by atoms with van der Waals surface area (Å²) in [5.41, 5.74) is 5.69. The molecule has 26 heavy (non-hydrogen) atoms. The SMILES string of the molecule is C[C@H](Oc1ccc2c(c1)OCO2)C(=O)N1CCn2c(C(N)=O)cnc2C1. The molecular weight excluding hydrogens is 340 g/mol. The zero-order valence-corrected chi connectivity index (χ0v) is 14.2. The van der Waals surface area contributed by atoms with Crippen molar-refractivity contribution in [2.24, 2.45) is 5.73 Å². The lowest BCUT2D eigenvalue weighted by atomic mass is 10.2. The van der Waals surface area contributed by atoms with Crippen molar-refractivity contribution < 1.29 is 23.8 Å². The van der Waals surface area contributed by atoms with E-state index in [1.165, 1.54) is 6.20 Å². The van der Waals surface area contributed by atoms with E-state index in [2.05, 4.69) is 4.98 Å². The quantitative estimate of drug-likeness (QED) is 0.853. The van der Waals surface area contributed by atoms with Crippen LogP contribution < -0.4 is 19.9 Å². The summed E-state index contributed by atoms with van der Waals surface area (Å²) in [4.78, 5) is 29.9. The lowest BCUT2D eigenvalue weighted by Gasteiger charge is -2.30. The Morgan fingerprint density at radius 3 is 2.88 bits per heavy atom. The van der Waals surface area contributed by atoms with E-state index < -0.39 is 12.0 Å². The minimum atomic E-state index is -0.674. The van der Waals surface area contributed by atoms with Gasteiger partial charge in [0.15, 0.2) is 17.6 Å². The smallest absolute Gasteiger partial charge is 0.266 e. The van der Waals surface area contributed by atoms with E-state index in [1.807, 2.05) is 0 Å². The first kappa shape index (κ1) is 16.2. The second-order valence-electron chi connectivity index (χ2n) is 6.11. The highest BCUT2D eigenvalue weighted by Gasteiger charge is 2.28. The number of fused-ring (bicyclic) bond motifs is 2. The van der Waals surface area contributed by atoms with Crippen LogP contribution in [0.2, 0.25) is 0 Å². The van der Waals surface area contributed by atoms with E-state index in [-0.39, 0.29) is 12.7 Å². The Bertz CT molecular complexity index is 878. The number of primary amides is 1. The molecule has 2 aliphatic rings. The summed E-state index contributed by atoms with van der Waals surface area (Å²) in [6.45, 7) is 3.11. The van der Waals surface area contributed by atoms with Gasteiger partial charge in [0.2, 0.25) is 6.79 Å². The Labute approximate surface area is 149 Å². The molecule has 4 rings (SSSR count). The molecule has 0 radical (unpaired) electrons. The van der Waals surface area contributed by atoms with E-state index in [0.717, 1.165) is 0 Å². The van der Waals surface area contributed by atoms with Gasteiger partial charge in [-0.2, -0.15) is 0 Å². The number of nitrogens with zero attached hydrogens (tertiary/aromatic N) is 3. The third kappa shape index (κ3) is 2.81. The van der Waals surface area contributed by atoms with Crippen molar-refractivity contribution in [3.63, 3.8) is 0 Å². The number of amides is 2. The van der Waals surface area contributed by atoms with Gasteiger partial charge in [-0.25, -0.2) is 4.98 Å². The van der Waals surface area contributed by atoms with Crippen molar-refractivity contribution in [1.82, 2.24) is 14.5 Å². The molecule has 0 spiro atoms. The highest BCUT2D eigenvalue weighted by Crippen LogP contribution is 2.35. The molecule has 2 N–H and O–H groups in total. The van der Waals surface area contributed by atoms with Gasteiger partial charge in [-0.15, -0.1) is 0 Å². The molecule has 1 aromatic heterocycles. The van der Waals surface area contributed by atoms with Gasteiger partial charge in [-0.3, -0.25) is 9.59 Å². The van der Waals surface area contributed by atoms with Crippen LogP contribution in [0.4, 0.5) is 0 Å². The predicted octanol–water partition coefficient (Wildman–Crippen LogP) is 0.520. The molecule has 0 saturated carbocycles. The topological polar surface area (TPSA) is 109 Å². The number of ether oxygens (including phenoxy) is 3. The van der Waals surface area contributed by atoms with Crippen molar-refractivity contribution >= 4 is 11.8 Å². The number of carbonyl (C=O) groups excluding carboxylic acids is 2. The fourth-order valence-corrected chi connectivity index (χ4v) is 3.11. The van der Waals surface area contributed by atoms with Crippen LogP contribution in [0.15, 0.2) is 24.4 Å². The van der Waals surface area contributed by atoms with Gasteiger partial charge in [0, 0.05) is 19.2 Å². The van der Waals surface area contributed by atoms with E-state index in [9.17, 15) is 9.59 Å². The molecule has 9 nitrogen and oxygen atoms in total.